The van der Waals surface area contributed by atoms with Gasteiger partial charge in [0, 0.05) is 0 Å². The molecule has 1 atom stereocenters. The molecular weight excluding hydrogens is 336 g/mol. The molecule has 1 aliphatic carbocycles. The zero-order valence-corrected chi connectivity index (χ0v) is 16.6. The third-order valence-electron chi connectivity index (χ3n) is 5.30. The van der Waals surface area contributed by atoms with Crippen LogP contribution in [0.2, 0.25) is 0 Å². The Bertz CT molecular complexity index is 734. The second-order valence-corrected chi connectivity index (χ2v) is 7.89. The van der Waals surface area contributed by atoms with Gasteiger partial charge in [-0.05, 0) is 54.9 Å². The molecule has 27 heavy (non-hydrogen) atoms. The molecule has 144 valence electrons. The number of ether oxygens (including phenoxy) is 1. The third kappa shape index (κ3) is 5.56. The lowest BCUT2D eigenvalue weighted by atomic mass is 9.86. The number of rotatable bonds is 8. The van der Waals surface area contributed by atoms with Crippen molar-refractivity contribution in [2.24, 2.45) is 5.92 Å². The average molecular weight is 367 g/mol. The number of aromatic nitrogens is 1. The van der Waals surface area contributed by atoms with Crippen LogP contribution in [-0.4, -0.2) is 17.5 Å². The monoisotopic (exact) mass is 366 g/mol. The number of carbonyl (C=O) groups is 1. The van der Waals surface area contributed by atoms with Crippen LogP contribution in [0, 0.1) is 5.92 Å². The minimum absolute atomic E-state index is 0.00640. The van der Waals surface area contributed by atoms with Crippen LogP contribution in [0.4, 0.5) is 0 Å². The fourth-order valence-electron chi connectivity index (χ4n) is 3.18. The molecule has 1 aromatic heterocycles. The molecule has 4 heteroatoms. The summed E-state index contributed by atoms with van der Waals surface area (Å²) in [5.41, 5.74) is 3.16. The van der Waals surface area contributed by atoms with Crippen molar-refractivity contribution < 1.29 is 9.53 Å². The van der Waals surface area contributed by atoms with Crippen LogP contribution < -0.4 is 10.1 Å². The van der Waals surface area contributed by atoms with E-state index in [4.69, 9.17) is 4.74 Å². The maximum atomic E-state index is 12.3. The van der Waals surface area contributed by atoms with E-state index < -0.39 is 0 Å². The molecule has 1 fully saturated rings. The van der Waals surface area contributed by atoms with Crippen LogP contribution in [0.5, 0.6) is 5.75 Å². The molecule has 0 saturated heterocycles. The molecule has 2 aromatic rings. The van der Waals surface area contributed by atoms with Crippen molar-refractivity contribution in [3.63, 3.8) is 0 Å². The van der Waals surface area contributed by atoms with Crippen molar-refractivity contribution in [1.29, 1.82) is 0 Å². The van der Waals surface area contributed by atoms with Crippen LogP contribution in [0.25, 0.3) is 0 Å². The summed E-state index contributed by atoms with van der Waals surface area (Å²) >= 11 is 0. The molecule has 0 aliphatic heterocycles. The van der Waals surface area contributed by atoms with E-state index in [0.717, 1.165) is 23.6 Å². The van der Waals surface area contributed by atoms with Gasteiger partial charge < -0.3 is 10.1 Å². The lowest BCUT2D eigenvalue weighted by molar-refractivity contribution is -0.121. The van der Waals surface area contributed by atoms with Gasteiger partial charge in [-0.2, -0.15) is 0 Å². The third-order valence-corrected chi connectivity index (χ3v) is 5.30. The molecule has 0 radical (unpaired) electrons. The quantitative estimate of drug-likeness (QED) is 0.730. The van der Waals surface area contributed by atoms with E-state index in [0.29, 0.717) is 18.3 Å². The number of hydrogen-bond donors (Lipinski definition) is 1. The highest BCUT2D eigenvalue weighted by atomic mass is 16.5. The van der Waals surface area contributed by atoms with E-state index in [1.54, 1.807) is 6.20 Å². The molecule has 0 spiro atoms. The summed E-state index contributed by atoms with van der Waals surface area (Å²) in [4.78, 5) is 16.8. The van der Waals surface area contributed by atoms with Gasteiger partial charge in [0.2, 0.25) is 5.91 Å². The Morgan fingerprint density at radius 2 is 1.89 bits per heavy atom. The molecule has 0 bridgehead atoms. The lowest BCUT2D eigenvalue weighted by Gasteiger charge is -2.25. The van der Waals surface area contributed by atoms with Gasteiger partial charge in [0.15, 0.2) is 0 Å². The number of nitrogens with one attached hydrogen (secondary N) is 1. The van der Waals surface area contributed by atoms with Crippen LogP contribution in [0.15, 0.2) is 42.6 Å². The normalized spacial score (nSPS) is 15.3. The largest absolute Gasteiger partial charge is 0.492 e. The Morgan fingerprint density at radius 1 is 1.15 bits per heavy atom. The summed E-state index contributed by atoms with van der Waals surface area (Å²) in [5.74, 6) is 2.01. The van der Waals surface area contributed by atoms with Gasteiger partial charge in [-0.1, -0.05) is 44.5 Å². The van der Waals surface area contributed by atoms with E-state index >= 15 is 0 Å². The highest BCUT2D eigenvalue weighted by molar-refractivity contribution is 5.78. The van der Waals surface area contributed by atoms with E-state index in [-0.39, 0.29) is 11.9 Å². The predicted molar refractivity (Wildman–Crippen MR) is 108 cm³/mol. The molecule has 3 rings (SSSR count). The highest BCUT2D eigenvalue weighted by Gasteiger charge is 2.18. The van der Waals surface area contributed by atoms with Crippen LogP contribution in [0.3, 0.4) is 0 Å². The second-order valence-electron chi connectivity index (χ2n) is 7.89. The predicted octanol–water partition coefficient (Wildman–Crippen LogP) is 4.80. The van der Waals surface area contributed by atoms with Crippen LogP contribution >= 0.6 is 0 Å². The molecule has 1 heterocycles. The second kappa shape index (κ2) is 9.03. The van der Waals surface area contributed by atoms with Crippen molar-refractivity contribution in [3.05, 3.63) is 59.4 Å². The lowest BCUT2D eigenvalue weighted by Crippen LogP contribution is -2.28. The summed E-state index contributed by atoms with van der Waals surface area (Å²) in [6.45, 7) is 7.07. The maximum absolute atomic E-state index is 12.3. The molecule has 1 aliphatic rings. The molecule has 1 amide bonds. The number of amides is 1. The summed E-state index contributed by atoms with van der Waals surface area (Å²) in [6, 6.07) is 12.0. The molecule has 4 nitrogen and oxygen atoms in total. The van der Waals surface area contributed by atoms with Crippen molar-refractivity contribution in [1.82, 2.24) is 10.3 Å². The van der Waals surface area contributed by atoms with E-state index in [2.05, 4.69) is 36.3 Å². The average Bonchev–Trinajstić information content (AvgIpc) is 2.61. The van der Waals surface area contributed by atoms with Gasteiger partial charge >= 0.3 is 0 Å². The first kappa shape index (κ1) is 19.4. The first-order valence-corrected chi connectivity index (χ1v) is 9.98. The topological polar surface area (TPSA) is 51.2 Å². The van der Waals surface area contributed by atoms with Gasteiger partial charge in [0.05, 0.1) is 31.0 Å². The number of benzene rings is 1. The SMILES string of the molecule is CC(C)c1ccc(CC(=O)N[C@H](C)c2ccc(OCC3CCC3)cn2)cc1. The molecule has 1 N–H and O–H groups in total. The number of pyridine rings is 1. The summed E-state index contributed by atoms with van der Waals surface area (Å²) < 4.78 is 5.78. The maximum Gasteiger partial charge on any atom is 0.224 e. The smallest absolute Gasteiger partial charge is 0.224 e. The van der Waals surface area contributed by atoms with E-state index in [1.807, 2.05) is 31.2 Å². The van der Waals surface area contributed by atoms with Crippen molar-refractivity contribution >= 4 is 5.91 Å². The van der Waals surface area contributed by atoms with E-state index in [9.17, 15) is 4.79 Å². The number of nitrogens with zero attached hydrogens (tertiary/aromatic N) is 1. The fraction of sp³-hybridized carbons (Fsp3) is 0.478. The van der Waals surface area contributed by atoms with E-state index in [1.165, 1.54) is 24.8 Å². The van der Waals surface area contributed by atoms with Gasteiger partial charge in [-0.15, -0.1) is 0 Å². The summed E-state index contributed by atoms with van der Waals surface area (Å²) in [7, 11) is 0. The van der Waals surface area contributed by atoms with Gasteiger partial charge in [0.1, 0.15) is 5.75 Å². The Morgan fingerprint density at radius 3 is 2.44 bits per heavy atom. The number of carbonyl (C=O) groups excluding carboxylic acids is 1. The molecule has 1 aromatic carbocycles. The van der Waals surface area contributed by atoms with Crippen molar-refractivity contribution in [2.75, 3.05) is 6.61 Å². The van der Waals surface area contributed by atoms with Crippen LogP contribution in [0.1, 0.15) is 68.8 Å². The molecule has 0 unspecified atom stereocenters. The highest BCUT2D eigenvalue weighted by Crippen LogP contribution is 2.27. The first-order valence-electron chi connectivity index (χ1n) is 9.98. The summed E-state index contributed by atoms with van der Waals surface area (Å²) in [5, 5.41) is 3.03. The van der Waals surface area contributed by atoms with Crippen LogP contribution in [-0.2, 0) is 11.2 Å². The van der Waals surface area contributed by atoms with Gasteiger partial charge in [-0.3, -0.25) is 9.78 Å². The molecular formula is C23H30N2O2. The first-order chi connectivity index (χ1) is 13.0. The minimum atomic E-state index is -0.131. The Balaban J connectivity index is 1.48. The Kier molecular flexibility index (Phi) is 6.49. The zero-order valence-electron chi connectivity index (χ0n) is 16.6. The van der Waals surface area contributed by atoms with Gasteiger partial charge in [-0.25, -0.2) is 0 Å². The Hall–Kier alpha value is -2.36. The zero-order chi connectivity index (χ0) is 19.2. The van der Waals surface area contributed by atoms with Crippen molar-refractivity contribution in [3.8, 4) is 5.75 Å². The standard InChI is InChI=1S/C23H30N2O2/c1-16(2)20-9-7-18(8-10-20)13-23(26)25-17(3)22-12-11-21(14-24-22)27-15-19-5-4-6-19/h7-12,14,16-17,19H,4-6,13,15H2,1-3H3,(H,25,26)/t17-/m1/s1. The number of hydrogen-bond acceptors (Lipinski definition) is 3. The van der Waals surface area contributed by atoms with Crippen molar-refractivity contribution in [2.45, 2.75) is 58.4 Å². The fourth-order valence-corrected chi connectivity index (χ4v) is 3.18. The minimum Gasteiger partial charge on any atom is -0.492 e. The molecule has 1 saturated carbocycles. The summed E-state index contributed by atoms with van der Waals surface area (Å²) in [6.07, 6.45) is 6.00. The van der Waals surface area contributed by atoms with Gasteiger partial charge in [0.25, 0.3) is 0 Å². The Labute approximate surface area is 162 Å².